The Hall–Kier alpha value is -1.39. The van der Waals surface area contributed by atoms with Crippen molar-refractivity contribution in [3.05, 3.63) is 35.4 Å². The zero-order valence-electron chi connectivity index (χ0n) is 16.0. The molecular weight excluding hydrogens is 298 g/mol. The summed E-state index contributed by atoms with van der Waals surface area (Å²) in [7, 11) is 1.88. The van der Waals surface area contributed by atoms with Crippen LogP contribution in [0.1, 0.15) is 38.8 Å². The second-order valence-corrected chi connectivity index (χ2v) is 8.01. The van der Waals surface area contributed by atoms with Crippen molar-refractivity contribution in [2.75, 3.05) is 46.3 Å². The van der Waals surface area contributed by atoms with Gasteiger partial charge in [-0.05, 0) is 16.5 Å². The molecule has 0 unspecified atom stereocenters. The van der Waals surface area contributed by atoms with E-state index in [2.05, 4.69) is 54.8 Å². The molecule has 1 aliphatic rings. The Labute approximate surface area is 147 Å². The van der Waals surface area contributed by atoms with Crippen LogP contribution in [0.5, 0.6) is 0 Å². The molecule has 134 valence electrons. The van der Waals surface area contributed by atoms with Crippen LogP contribution >= 0.6 is 0 Å². The Bertz CT molecular complexity index is 542. The minimum atomic E-state index is 0.146. The van der Waals surface area contributed by atoms with Crippen LogP contribution in [0.25, 0.3) is 0 Å². The van der Waals surface area contributed by atoms with Gasteiger partial charge in [-0.2, -0.15) is 0 Å². The van der Waals surface area contributed by atoms with E-state index in [0.717, 1.165) is 45.8 Å². The molecule has 0 radical (unpaired) electrons. The van der Waals surface area contributed by atoms with Crippen LogP contribution in [0, 0.1) is 0 Å². The molecule has 1 aliphatic heterocycles. The summed E-state index contributed by atoms with van der Waals surface area (Å²) in [6.07, 6.45) is 0. The van der Waals surface area contributed by atoms with E-state index in [-0.39, 0.29) is 11.3 Å². The van der Waals surface area contributed by atoms with Crippen molar-refractivity contribution >= 4 is 5.91 Å². The second kappa shape index (κ2) is 8.13. The number of rotatable bonds is 5. The molecule has 2 rings (SSSR count). The van der Waals surface area contributed by atoms with E-state index >= 15 is 0 Å². The predicted molar refractivity (Wildman–Crippen MR) is 100 cm³/mol. The fraction of sp³-hybridized carbons (Fsp3) is 0.650. The molecule has 4 heteroatoms. The Morgan fingerprint density at radius 1 is 1.12 bits per heavy atom. The Kier molecular flexibility index (Phi) is 6.41. The first-order chi connectivity index (χ1) is 11.3. The summed E-state index contributed by atoms with van der Waals surface area (Å²) >= 11 is 0. The van der Waals surface area contributed by atoms with Gasteiger partial charge in [0.05, 0.1) is 0 Å². The molecule has 4 nitrogen and oxygen atoms in total. The molecule has 1 amide bonds. The van der Waals surface area contributed by atoms with Crippen molar-refractivity contribution in [2.24, 2.45) is 0 Å². The van der Waals surface area contributed by atoms with E-state index in [4.69, 9.17) is 0 Å². The quantitative estimate of drug-likeness (QED) is 0.830. The summed E-state index contributed by atoms with van der Waals surface area (Å²) in [4.78, 5) is 18.1. The lowest BCUT2D eigenvalue weighted by molar-refractivity contribution is -0.127. The van der Waals surface area contributed by atoms with E-state index < -0.39 is 0 Å². The van der Waals surface area contributed by atoms with E-state index in [1.54, 1.807) is 11.8 Å². The molecule has 0 saturated carbocycles. The summed E-state index contributed by atoms with van der Waals surface area (Å²) in [6.45, 7) is 15.6. The van der Waals surface area contributed by atoms with E-state index in [9.17, 15) is 4.79 Å². The maximum atomic E-state index is 11.3. The largest absolute Gasteiger partial charge is 0.345 e. The number of benzene rings is 1. The fourth-order valence-corrected chi connectivity index (χ4v) is 3.01. The zero-order chi connectivity index (χ0) is 17.7. The molecule has 1 aromatic rings. The molecule has 0 aromatic heterocycles. The predicted octanol–water partition coefficient (Wildman–Crippen LogP) is 2.58. The molecule has 0 atom stereocenters. The monoisotopic (exact) mass is 331 g/mol. The van der Waals surface area contributed by atoms with Gasteiger partial charge in [-0.1, -0.05) is 45.0 Å². The standard InChI is InChI=1S/C20H33N3O/c1-17(24)21(5)9-10-22-11-13-23(14-12-22)16-18-7-6-8-19(15-18)20(2,3)4/h6-8,15H,9-14,16H2,1-5H3. The number of piperazine rings is 1. The van der Waals surface area contributed by atoms with E-state index in [0.29, 0.717) is 0 Å². The molecule has 24 heavy (non-hydrogen) atoms. The average Bonchev–Trinajstić information content (AvgIpc) is 2.53. The highest BCUT2D eigenvalue weighted by Gasteiger charge is 2.18. The minimum absolute atomic E-state index is 0.146. The molecule has 0 spiro atoms. The summed E-state index contributed by atoms with van der Waals surface area (Å²) in [5.74, 6) is 0.146. The van der Waals surface area contributed by atoms with Crippen LogP contribution in [-0.2, 0) is 16.8 Å². The number of hydrogen-bond donors (Lipinski definition) is 0. The van der Waals surface area contributed by atoms with Crippen molar-refractivity contribution in [1.82, 2.24) is 14.7 Å². The minimum Gasteiger partial charge on any atom is -0.345 e. The Morgan fingerprint density at radius 2 is 1.75 bits per heavy atom. The Balaban J connectivity index is 1.80. The number of carbonyl (C=O) groups is 1. The third kappa shape index (κ3) is 5.60. The molecule has 0 N–H and O–H groups in total. The third-order valence-electron chi connectivity index (χ3n) is 4.95. The highest BCUT2D eigenvalue weighted by atomic mass is 16.2. The van der Waals surface area contributed by atoms with Gasteiger partial charge in [0, 0.05) is 59.8 Å². The van der Waals surface area contributed by atoms with Gasteiger partial charge in [0.15, 0.2) is 0 Å². The van der Waals surface area contributed by atoms with Crippen LogP contribution in [0.15, 0.2) is 24.3 Å². The van der Waals surface area contributed by atoms with Gasteiger partial charge < -0.3 is 4.90 Å². The topological polar surface area (TPSA) is 26.8 Å². The maximum Gasteiger partial charge on any atom is 0.219 e. The van der Waals surface area contributed by atoms with Crippen molar-refractivity contribution in [1.29, 1.82) is 0 Å². The fourth-order valence-electron chi connectivity index (χ4n) is 3.01. The van der Waals surface area contributed by atoms with Gasteiger partial charge in [-0.3, -0.25) is 14.6 Å². The number of carbonyl (C=O) groups excluding carboxylic acids is 1. The van der Waals surface area contributed by atoms with Gasteiger partial charge >= 0.3 is 0 Å². The van der Waals surface area contributed by atoms with Crippen molar-refractivity contribution in [2.45, 2.75) is 39.7 Å². The van der Waals surface area contributed by atoms with Gasteiger partial charge in [-0.25, -0.2) is 0 Å². The maximum absolute atomic E-state index is 11.3. The zero-order valence-corrected chi connectivity index (χ0v) is 16.0. The number of nitrogens with zero attached hydrogens (tertiary/aromatic N) is 3. The SMILES string of the molecule is CC(=O)N(C)CCN1CCN(Cc2cccc(C(C)(C)C)c2)CC1. The molecule has 1 heterocycles. The van der Waals surface area contributed by atoms with Gasteiger partial charge in [0.2, 0.25) is 5.91 Å². The second-order valence-electron chi connectivity index (χ2n) is 8.01. The van der Waals surface area contributed by atoms with Crippen molar-refractivity contribution in [3.63, 3.8) is 0 Å². The highest BCUT2D eigenvalue weighted by Crippen LogP contribution is 2.23. The number of likely N-dealkylation sites (N-methyl/N-ethyl adjacent to an activating group) is 1. The summed E-state index contributed by atoms with van der Waals surface area (Å²) < 4.78 is 0. The lowest BCUT2D eigenvalue weighted by atomic mass is 9.86. The molecule has 1 saturated heterocycles. The van der Waals surface area contributed by atoms with Gasteiger partial charge in [0.25, 0.3) is 0 Å². The molecule has 0 aliphatic carbocycles. The molecule has 1 aromatic carbocycles. The number of amides is 1. The first kappa shape index (κ1) is 18.9. The van der Waals surface area contributed by atoms with Crippen molar-refractivity contribution < 1.29 is 4.79 Å². The summed E-state index contributed by atoms with van der Waals surface area (Å²) in [5, 5.41) is 0. The van der Waals surface area contributed by atoms with Crippen LogP contribution in [-0.4, -0.2) is 66.9 Å². The number of hydrogen-bond acceptors (Lipinski definition) is 3. The molecular formula is C20H33N3O. The highest BCUT2D eigenvalue weighted by molar-refractivity contribution is 5.72. The van der Waals surface area contributed by atoms with E-state index in [1.165, 1.54) is 11.1 Å². The van der Waals surface area contributed by atoms with Crippen LogP contribution in [0.3, 0.4) is 0 Å². The normalized spacial score (nSPS) is 17.0. The van der Waals surface area contributed by atoms with Crippen molar-refractivity contribution in [3.8, 4) is 0 Å². The van der Waals surface area contributed by atoms with E-state index in [1.807, 2.05) is 7.05 Å². The van der Waals surface area contributed by atoms with Crippen LogP contribution < -0.4 is 0 Å². The Morgan fingerprint density at radius 3 is 2.33 bits per heavy atom. The lowest BCUT2D eigenvalue weighted by Gasteiger charge is -2.35. The van der Waals surface area contributed by atoms with Gasteiger partial charge in [0.1, 0.15) is 0 Å². The average molecular weight is 332 g/mol. The van der Waals surface area contributed by atoms with Crippen LogP contribution in [0.2, 0.25) is 0 Å². The lowest BCUT2D eigenvalue weighted by Crippen LogP contribution is -2.48. The molecule has 0 bridgehead atoms. The smallest absolute Gasteiger partial charge is 0.219 e. The van der Waals surface area contributed by atoms with Crippen LogP contribution in [0.4, 0.5) is 0 Å². The third-order valence-corrected chi connectivity index (χ3v) is 4.95. The molecule has 1 fully saturated rings. The first-order valence-electron chi connectivity index (χ1n) is 9.01. The summed E-state index contributed by atoms with van der Waals surface area (Å²) in [6, 6.07) is 9.01. The first-order valence-corrected chi connectivity index (χ1v) is 9.01. The summed E-state index contributed by atoms with van der Waals surface area (Å²) in [5.41, 5.74) is 3.02. The van der Waals surface area contributed by atoms with Gasteiger partial charge in [-0.15, -0.1) is 0 Å².